The molecule has 0 fully saturated rings. The quantitative estimate of drug-likeness (QED) is 0.739. The van der Waals surface area contributed by atoms with Gasteiger partial charge < -0.3 is 20.1 Å². The molecule has 6 heteroatoms. The highest BCUT2D eigenvalue weighted by atomic mass is 16.5. The summed E-state index contributed by atoms with van der Waals surface area (Å²) < 4.78 is 11.0. The minimum atomic E-state index is -0.239. The summed E-state index contributed by atoms with van der Waals surface area (Å²) in [5.74, 6) is 6.44. The molecule has 2 aromatic carbocycles. The second-order valence-corrected chi connectivity index (χ2v) is 5.46. The Hall–Kier alpha value is -3.46. The lowest BCUT2D eigenvalue weighted by atomic mass is 10.2. The van der Waals surface area contributed by atoms with E-state index in [1.165, 1.54) is 6.92 Å². The lowest BCUT2D eigenvalue weighted by Crippen LogP contribution is -2.24. The van der Waals surface area contributed by atoms with Gasteiger partial charge in [0.15, 0.2) is 0 Å². The molecule has 0 spiro atoms. The molecule has 0 aliphatic carbocycles. The van der Waals surface area contributed by atoms with Crippen LogP contribution in [0.15, 0.2) is 48.5 Å². The summed E-state index contributed by atoms with van der Waals surface area (Å²) >= 11 is 0. The van der Waals surface area contributed by atoms with Crippen molar-refractivity contribution in [3.05, 3.63) is 54.1 Å². The molecule has 140 valence electrons. The van der Waals surface area contributed by atoms with Gasteiger partial charge in [0.05, 0.1) is 18.7 Å². The van der Waals surface area contributed by atoms with Gasteiger partial charge >= 0.3 is 0 Å². The third kappa shape index (κ3) is 6.75. The van der Waals surface area contributed by atoms with Gasteiger partial charge in [0, 0.05) is 18.7 Å². The average molecular weight is 366 g/mol. The van der Waals surface area contributed by atoms with Crippen molar-refractivity contribution in [1.29, 1.82) is 0 Å². The van der Waals surface area contributed by atoms with Crippen molar-refractivity contribution in [3.63, 3.8) is 0 Å². The number of amides is 2. The zero-order chi connectivity index (χ0) is 19.5. The van der Waals surface area contributed by atoms with Crippen molar-refractivity contribution in [2.75, 3.05) is 25.1 Å². The van der Waals surface area contributed by atoms with Crippen LogP contribution < -0.4 is 20.1 Å². The van der Waals surface area contributed by atoms with Gasteiger partial charge in [-0.05, 0) is 31.2 Å². The van der Waals surface area contributed by atoms with E-state index in [0.29, 0.717) is 29.4 Å². The number of benzene rings is 2. The van der Waals surface area contributed by atoms with Crippen LogP contribution in [-0.2, 0) is 4.79 Å². The Morgan fingerprint density at radius 2 is 1.85 bits per heavy atom. The van der Waals surface area contributed by atoms with E-state index < -0.39 is 0 Å². The van der Waals surface area contributed by atoms with Gasteiger partial charge in [-0.2, -0.15) is 0 Å². The second-order valence-electron chi connectivity index (χ2n) is 5.46. The second kappa shape index (κ2) is 10.5. The number of anilines is 1. The average Bonchev–Trinajstić information content (AvgIpc) is 2.65. The largest absolute Gasteiger partial charge is 0.493 e. The molecule has 0 unspecified atom stereocenters. The summed E-state index contributed by atoms with van der Waals surface area (Å²) in [4.78, 5) is 23.3. The van der Waals surface area contributed by atoms with Gasteiger partial charge in [0.25, 0.3) is 5.91 Å². The molecule has 6 nitrogen and oxygen atoms in total. The Morgan fingerprint density at radius 3 is 2.63 bits per heavy atom. The number of hydrogen-bond donors (Lipinski definition) is 2. The van der Waals surface area contributed by atoms with E-state index in [1.54, 1.807) is 42.5 Å². The molecule has 0 aliphatic heterocycles. The normalized spacial score (nSPS) is 9.56. The number of nitrogens with one attached hydrogen (secondary N) is 2. The number of rotatable bonds is 7. The van der Waals surface area contributed by atoms with E-state index >= 15 is 0 Å². The summed E-state index contributed by atoms with van der Waals surface area (Å²) in [6.45, 7) is 4.18. The molecule has 0 saturated heterocycles. The zero-order valence-electron chi connectivity index (χ0n) is 15.4. The molecular weight excluding hydrogens is 344 g/mol. The number of carbonyl (C=O) groups excluding carboxylic acids is 2. The van der Waals surface area contributed by atoms with Crippen LogP contribution in [0.1, 0.15) is 24.2 Å². The van der Waals surface area contributed by atoms with Crippen molar-refractivity contribution in [1.82, 2.24) is 5.32 Å². The first-order chi connectivity index (χ1) is 13.1. The molecule has 2 N–H and O–H groups in total. The summed E-state index contributed by atoms with van der Waals surface area (Å²) in [5, 5.41) is 5.42. The number of carbonyl (C=O) groups is 2. The summed E-state index contributed by atoms with van der Waals surface area (Å²) in [5.41, 5.74) is 1.14. The van der Waals surface area contributed by atoms with Crippen molar-refractivity contribution >= 4 is 17.5 Å². The van der Waals surface area contributed by atoms with Gasteiger partial charge in [0.2, 0.25) is 5.91 Å². The van der Waals surface area contributed by atoms with E-state index in [0.717, 1.165) is 0 Å². The van der Waals surface area contributed by atoms with Gasteiger partial charge in [0.1, 0.15) is 18.1 Å². The van der Waals surface area contributed by atoms with Gasteiger partial charge in [-0.25, -0.2) is 0 Å². The monoisotopic (exact) mass is 366 g/mol. The van der Waals surface area contributed by atoms with Crippen molar-refractivity contribution in [2.24, 2.45) is 0 Å². The first-order valence-corrected chi connectivity index (χ1v) is 8.56. The molecule has 0 saturated carbocycles. The molecule has 2 aromatic rings. The molecular formula is C21H22N2O4. The molecule has 2 rings (SSSR count). The third-order valence-corrected chi connectivity index (χ3v) is 3.36. The Morgan fingerprint density at radius 1 is 1.04 bits per heavy atom. The Bertz CT molecular complexity index is 853. The fourth-order valence-corrected chi connectivity index (χ4v) is 2.26. The summed E-state index contributed by atoms with van der Waals surface area (Å²) in [7, 11) is 0. The predicted molar refractivity (Wildman–Crippen MR) is 104 cm³/mol. The standard InChI is InChI=1S/C21H22N2O4/c1-3-26-20-12-5-4-11-19(20)21(25)22-13-6-7-14-27-18-10-8-9-17(15-18)23-16(2)24/h4-5,8-12,15H,3,13-14H2,1-2H3,(H,22,25)(H,23,24). The Kier molecular flexibility index (Phi) is 7.73. The van der Waals surface area contributed by atoms with Gasteiger partial charge in [-0.15, -0.1) is 0 Å². The SMILES string of the molecule is CCOc1ccccc1C(=O)NCC#CCOc1cccc(NC(C)=O)c1. The van der Waals surface area contributed by atoms with Gasteiger partial charge in [-0.1, -0.05) is 30.0 Å². The molecule has 0 aliphatic rings. The maximum atomic E-state index is 12.2. The topological polar surface area (TPSA) is 76.7 Å². The van der Waals surface area contributed by atoms with Crippen LogP contribution in [0.3, 0.4) is 0 Å². The molecule has 27 heavy (non-hydrogen) atoms. The van der Waals surface area contributed by atoms with Crippen LogP contribution in [0.25, 0.3) is 0 Å². The van der Waals surface area contributed by atoms with Crippen LogP contribution in [-0.4, -0.2) is 31.6 Å². The van der Waals surface area contributed by atoms with Crippen molar-refractivity contribution in [3.8, 4) is 23.3 Å². The highest BCUT2D eigenvalue weighted by molar-refractivity contribution is 5.97. The van der Waals surface area contributed by atoms with E-state index in [2.05, 4.69) is 22.5 Å². The maximum absolute atomic E-state index is 12.2. The zero-order valence-corrected chi connectivity index (χ0v) is 15.4. The highest BCUT2D eigenvalue weighted by Crippen LogP contribution is 2.18. The fourth-order valence-electron chi connectivity index (χ4n) is 2.26. The number of hydrogen-bond acceptors (Lipinski definition) is 4. The fraction of sp³-hybridized carbons (Fsp3) is 0.238. The van der Waals surface area contributed by atoms with Crippen LogP contribution in [0.4, 0.5) is 5.69 Å². The van der Waals surface area contributed by atoms with Crippen molar-refractivity contribution in [2.45, 2.75) is 13.8 Å². The van der Waals surface area contributed by atoms with Crippen LogP contribution in [0, 0.1) is 11.8 Å². The molecule has 2 amide bonds. The molecule has 0 bridgehead atoms. The van der Waals surface area contributed by atoms with E-state index in [4.69, 9.17) is 9.47 Å². The highest BCUT2D eigenvalue weighted by Gasteiger charge is 2.10. The number of ether oxygens (including phenoxy) is 2. The van der Waals surface area contributed by atoms with Crippen molar-refractivity contribution < 1.29 is 19.1 Å². The third-order valence-electron chi connectivity index (χ3n) is 3.36. The lowest BCUT2D eigenvalue weighted by molar-refractivity contribution is -0.114. The van der Waals surface area contributed by atoms with E-state index in [-0.39, 0.29) is 25.0 Å². The number of para-hydroxylation sites is 1. The van der Waals surface area contributed by atoms with E-state index in [1.807, 2.05) is 13.0 Å². The Labute approximate surface area is 158 Å². The van der Waals surface area contributed by atoms with E-state index in [9.17, 15) is 9.59 Å². The Balaban J connectivity index is 1.80. The summed E-state index contributed by atoms with van der Waals surface area (Å²) in [6, 6.07) is 14.1. The minimum Gasteiger partial charge on any atom is -0.493 e. The van der Waals surface area contributed by atoms with Crippen LogP contribution in [0.2, 0.25) is 0 Å². The van der Waals surface area contributed by atoms with Crippen LogP contribution >= 0.6 is 0 Å². The first-order valence-electron chi connectivity index (χ1n) is 8.56. The minimum absolute atomic E-state index is 0.145. The smallest absolute Gasteiger partial charge is 0.255 e. The van der Waals surface area contributed by atoms with Crippen LogP contribution in [0.5, 0.6) is 11.5 Å². The van der Waals surface area contributed by atoms with Gasteiger partial charge in [-0.3, -0.25) is 9.59 Å². The molecule has 0 aromatic heterocycles. The maximum Gasteiger partial charge on any atom is 0.255 e. The predicted octanol–water partition coefficient (Wildman–Crippen LogP) is 2.86. The summed E-state index contributed by atoms with van der Waals surface area (Å²) in [6.07, 6.45) is 0. The molecule has 0 radical (unpaired) electrons. The first kappa shape index (κ1) is 19.9. The lowest BCUT2D eigenvalue weighted by Gasteiger charge is -2.08. The molecule has 0 atom stereocenters. The molecule has 0 heterocycles.